The van der Waals surface area contributed by atoms with Gasteiger partial charge in [0.25, 0.3) is 11.5 Å². The number of carbonyl (C=O) groups is 1. The van der Waals surface area contributed by atoms with Crippen LogP contribution in [0, 0.1) is 6.92 Å². The van der Waals surface area contributed by atoms with Gasteiger partial charge in [-0.05, 0) is 31.5 Å². The van der Waals surface area contributed by atoms with Crippen LogP contribution in [-0.2, 0) is 11.3 Å². The molecular formula is C20H21N5O3S. The highest BCUT2D eigenvalue weighted by Crippen LogP contribution is 2.27. The average molecular weight is 411 g/mol. The number of nitrogens with one attached hydrogen (secondary N) is 2. The van der Waals surface area contributed by atoms with Crippen molar-refractivity contribution in [3.63, 3.8) is 0 Å². The number of aromatic amines is 1. The lowest BCUT2D eigenvalue weighted by molar-refractivity contribution is 0.0941. The minimum atomic E-state index is -0.331. The molecular weight excluding hydrogens is 390 g/mol. The van der Waals surface area contributed by atoms with Gasteiger partial charge in [-0.25, -0.2) is 9.97 Å². The Labute approximate surface area is 170 Å². The van der Waals surface area contributed by atoms with Crippen molar-refractivity contribution in [2.45, 2.75) is 26.4 Å². The Balaban J connectivity index is 1.67. The van der Waals surface area contributed by atoms with Gasteiger partial charge in [0.15, 0.2) is 0 Å². The Morgan fingerprint density at radius 3 is 2.93 bits per heavy atom. The zero-order chi connectivity index (χ0) is 20.5. The summed E-state index contributed by atoms with van der Waals surface area (Å²) in [7, 11) is 1.66. The molecule has 1 atom stereocenters. The van der Waals surface area contributed by atoms with Gasteiger partial charge < -0.3 is 19.6 Å². The van der Waals surface area contributed by atoms with E-state index in [4.69, 9.17) is 9.72 Å². The first-order valence-electron chi connectivity index (χ1n) is 9.23. The number of imidazole rings is 1. The number of hydrogen-bond donors (Lipinski definition) is 2. The average Bonchev–Trinajstić information content (AvgIpc) is 3.25. The molecule has 150 valence electrons. The molecule has 0 saturated heterocycles. The molecule has 1 aromatic carbocycles. The fraction of sp³-hybridized carbons (Fsp3) is 0.300. The summed E-state index contributed by atoms with van der Waals surface area (Å²) in [6.07, 6.45) is 1.35. The summed E-state index contributed by atoms with van der Waals surface area (Å²) in [6.45, 7) is 4.84. The molecule has 0 bridgehead atoms. The molecule has 0 fully saturated rings. The fourth-order valence-electron chi connectivity index (χ4n) is 3.46. The monoisotopic (exact) mass is 411 g/mol. The number of nitrogens with zero attached hydrogens (tertiary/aromatic N) is 3. The number of aromatic nitrogens is 4. The van der Waals surface area contributed by atoms with Crippen molar-refractivity contribution >= 4 is 38.5 Å². The van der Waals surface area contributed by atoms with E-state index >= 15 is 0 Å². The zero-order valence-electron chi connectivity index (χ0n) is 16.4. The van der Waals surface area contributed by atoms with Gasteiger partial charge in [0.2, 0.25) is 0 Å². The number of thiophene rings is 1. The first-order valence-corrected chi connectivity index (χ1v) is 10.0. The minimum Gasteiger partial charge on any atom is -0.383 e. The molecule has 0 radical (unpaired) electrons. The Kier molecular flexibility index (Phi) is 5.16. The molecule has 0 aliphatic rings. The van der Waals surface area contributed by atoms with Crippen molar-refractivity contribution < 1.29 is 9.53 Å². The normalized spacial score (nSPS) is 12.5. The van der Waals surface area contributed by atoms with Gasteiger partial charge in [-0.1, -0.05) is 12.1 Å². The number of carbonyl (C=O) groups excluding carboxylic acids is 1. The van der Waals surface area contributed by atoms with E-state index in [1.54, 1.807) is 14.0 Å². The number of H-pyrrole nitrogens is 1. The Morgan fingerprint density at radius 1 is 1.38 bits per heavy atom. The van der Waals surface area contributed by atoms with Crippen LogP contribution in [0.2, 0.25) is 0 Å². The van der Waals surface area contributed by atoms with Gasteiger partial charge in [0.1, 0.15) is 10.7 Å². The third-order valence-corrected chi connectivity index (χ3v) is 6.08. The third-order valence-electron chi connectivity index (χ3n) is 4.88. The Bertz CT molecular complexity index is 1260. The van der Waals surface area contributed by atoms with Gasteiger partial charge >= 0.3 is 0 Å². The molecule has 0 unspecified atom stereocenters. The highest BCUT2D eigenvalue weighted by Gasteiger charge is 2.23. The van der Waals surface area contributed by atoms with Crippen molar-refractivity contribution in [3.8, 4) is 0 Å². The maximum absolute atomic E-state index is 13.0. The number of methoxy groups -OCH3 is 1. The van der Waals surface area contributed by atoms with Crippen LogP contribution in [0.3, 0.4) is 0 Å². The molecule has 0 aliphatic heterocycles. The van der Waals surface area contributed by atoms with Crippen LogP contribution in [0.4, 0.5) is 0 Å². The van der Waals surface area contributed by atoms with E-state index in [0.29, 0.717) is 33.8 Å². The van der Waals surface area contributed by atoms with Crippen LogP contribution in [0.15, 0.2) is 35.4 Å². The maximum atomic E-state index is 13.0. The van der Waals surface area contributed by atoms with Crippen LogP contribution in [0.5, 0.6) is 0 Å². The van der Waals surface area contributed by atoms with E-state index in [1.807, 2.05) is 31.2 Å². The van der Waals surface area contributed by atoms with E-state index in [9.17, 15) is 9.59 Å². The first-order chi connectivity index (χ1) is 14.0. The van der Waals surface area contributed by atoms with Gasteiger partial charge in [-0.15, -0.1) is 11.3 Å². The van der Waals surface area contributed by atoms with Crippen molar-refractivity contribution in [2.75, 3.05) is 13.7 Å². The molecule has 3 aromatic heterocycles. The lowest BCUT2D eigenvalue weighted by Crippen LogP contribution is -2.29. The second kappa shape index (κ2) is 7.76. The van der Waals surface area contributed by atoms with Crippen LogP contribution in [0.1, 0.15) is 34.0 Å². The summed E-state index contributed by atoms with van der Waals surface area (Å²) < 4.78 is 7.30. The van der Waals surface area contributed by atoms with Gasteiger partial charge in [0.05, 0.1) is 40.3 Å². The molecule has 4 aromatic rings. The van der Waals surface area contributed by atoms with Crippen molar-refractivity contribution in [1.29, 1.82) is 0 Å². The van der Waals surface area contributed by atoms with E-state index < -0.39 is 0 Å². The van der Waals surface area contributed by atoms with Crippen LogP contribution in [0.25, 0.3) is 21.3 Å². The molecule has 0 saturated carbocycles. The summed E-state index contributed by atoms with van der Waals surface area (Å²) in [5.41, 5.74) is 2.26. The van der Waals surface area contributed by atoms with Crippen molar-refractivity contribution in [2.24, 2.45) is 0 Å². The highest BCUT2D eigenvalue weighted by molar-refractivity contribution is 7.20. The number of rotatable bonds is 6. The number of aryl methyl sites for hydroxylation is 1. The number of fused-ring (bicyclic) bond motifs is 2. The van der Waals surface area contributed by atoms with Gasteiger partial charge in [0, 0.05) is 13.7 Å². The number of benzene rings is 1. The van der Waals surface area contributed by atoms with E-state index in [0.717, 1.165) is 16.9 Å². The smallest absolute Gasteiger partial charge is 0.262 e. The lowest BCUT2D eigenvalue weighted by Gasteiger charge is -2.16. The summed E-state index contributed by atoms with van der Waals surface area (Å²) >= 11 is 1.22. The summed E-state index contributed by atoms with van der Waals surface area (Å²) in [5.74, 6) is 0.508. The predicted molar refractivity (Wildman–Crippen MR) is 112 cm³/mol. The molecule has 0 aliphatic carbocycles. The molecule has 2 N–H and O–H groups in total. The van der Waals surface area contributed by atoms with E-state index in [-0.39, 0.29) is 17.5 Å². The number of hydrogen-bond acceptors (Lipinski definition) is 6. The van der Waals surface area contributed by atoms with Crippen LogP contribution >= 0.6 is 11.3 Å². The fourth-order valence-corrected chi connectivity index (χ4v) is 4.52. The van der Waals surface area contributed by atoms with Crippen molar-refractivity contribution in [3.05, 3.63) is 57.2 Å². The maximum Gasteiger partial charge on any atom is 0.262 e. The molecule has 29 heavy (non-hydrogen) atoms. The summed E-state index contributed by atoms with van der Waals surface area (Å²) in [4.78, 5) is 37.5. The van der Waals surface area contributed by atoms with Crippen molar-refractivity contribution in [1.82, 2.24) is 24.8 Å². The number of para-hydroxylation sites is 2. The highest BCUT2D eigenvalue weighted by atomic mass is 32.1. The van der Waals surface area contributed by atoms with Crippen LogP contribution < -0.4 is 10.9 Å². The summed E-state index contributed by atoms with van der Waals surface area (Å²) in [5, 5.41) is 3.48. The Morgan fingerprint density at radius 2 is 2.17 bits per heavy atom. The van der Waals surface area contributed by atoms with Gasteiger partial charge in [-0.2, -0.15) is 0 Å². The lowest BCUT2D eigenvalue weighted by atomic mass is 10.2. The minimum absolute atomic E-state index is 0.239. The molecule has 1 amide bonds. The quantitative estimate of drug-likeness (QED) is 0.508. The SMILES string of the molecule is COCCn1c([C@@H](C)NC(=O)c2sc3nc[nH]c(=O)c3c2C)nc2ccccc21. The van der Waals surface area contributed by atoms with Gasteiger partial charge in [-0.3, -0.25) is 9.59 Å². The topological polar surface area (TPSA) is 102 Å². The first kappa shape index (κ1) is 19.3. The second-order valence-electron chi connectivity index (χ2n) is 6.77. The largest absolute Gasteiger partial charge is 0.383 e. The van der Waals surface area contributed by atoms with Crippen LogP contribution in [-0.4, -0.2) is 39.1 Å². The molecule has 4 rings (SSSR count). The number of ether oxygens (including phenoxy) is 1. The molecule has 9 heteroatoms. The molecule has 0 spiro atoms. The molecule has 3 heterocycles. The van der Waals surface area contributed by atoms with E-state index in [1.165, 1.54) is 17.7 Å². The molecule has 8 nitrogen and oxygen atoms in total. The second-order valence-corrected chi connectivity index (χ2v) is 7.77. The third kappa shape index (κ3) is 3.43. The van der Waals surface area contributed by atoms with E-state index in [2.05, 4.69) is 19.9 Å². The standard InChI is InChI=1S/C20H21N5O3S/c1-11-15-18(26)21-10-22-20(15)29-16(11)19(27)23-12(2)17-24-13-6-4-5-7-14(13)25(17)8-9-28-3/h4-7,10,12H,8-9H2,1-3H3,(H,23,27)(H,21,22,26)/t12-/m1/s1. The summed E-state index contributed by atoms with van der Waals surface area (Å²) in [6, 6.07) is 7.52. The zero-order valence-corrected chi connectivity index (χ0v) is 17.2. The predicted octanol–water partition coefficient (Wildman–Crippen LogP) is 2.78. The Hall–Kier alpha value is -3.04. The number of amides is 1.